The summed E-state index contributed by atoms with van der Waals surface area (Å²) in [6, 6.07) is 6.55. The van der Waals surface area contributed by atoms with Crippen LogP contribution in [0.1, 0.15) is 43.9 Å². The van der Waals surface area contributed by atoms with E-state index < -0.39 is 0 Å². The van der Waals surface area contributed by atoms with Crippen LogP contribution in [0.25, 0.3) is 0 Å². The average Bonchev–Trinajstić information content (AvgIpc) is 2.15. The maximum absolute atomic E-state index is 12.1. The molecule has 0 unspecified atom stereocenters. The molecule has 1 heteroatoms. The molecular weight excluding hydrogens is 187 g/mol. The van der Waals surface area contributed by atoms with E-state index in [0.717, 1.165) is 6.42 Å². The molecule has 0 aromatic heterocycles. The van der Waals surface area contributed by atoms with Gasteiger partial charge in [-0.25, -0.2) is 0 Å². The Morgan fingerprint density at radius 3 is 2.40 bits per heavy atom. The number of aryl methyl sites for hydroxylation is 2. The van der Waals surface area contributed by atoms with Crippen molar-refractivity contribution in [2.24, 2.45) is 0 Å². The third-order valence-electron chi connectivity index (χ3n) is 2.79. The van der Waals surface area contributed by atoms with Gasteiger partial charge in [0.2, 0.25) is 0 Å². The summed E-state index contributed by atoms with van der Waals surface area (Å²) in [4.78, 5) is 0. The smallest absolute Gasteiger partial charge is 0.0897 e. The molecule has 0 amide bonds. The van der Waals surface area contributed by atoms with Gasteiger partial charge in [0, 0.05) is 0 Å². The molecule has 0 aliphatic heterocycles. The standard InChI is InChI=1S/C14H21F/c1-11-7-8-13(14(2,3)4)10-12(11)6-5-9-15/h7-8,10H,5-6,9H2,1-4H3. The Bertz CT molecular complexity index is 321. The molecule has 1 aromatic rings. The van der Waals surface area contributed by atoms with Gasteiger partial charge in [0.25, 0.3) is 0 Å². The summed E-state index contributed by atoms with van der Waals surface area (Å²) in [5.41, 5.74) is 4.08. The summed E-state index contributed by atoms with van der Waals surface area (Å²) in [5, 5.41) is 0. The van der Waals surface area contributed by atoms with Crippen LogP contribution in [0.15, 0.2) is 18.2 Å². The lowest BCUT2D eigenvalue weighted by molar-refractivity contribution is 0.472. The van der Waals surface area contributed by atoms with E-state index in [0.29, 0.717) is 6.42 Å². The number of rotatable bonds is 3. The molecule has 0 fully saturated rings. The average molecular weight is 208 g/mol. The molecule has 0 nitrogen and oxygen atoms in total. The molecule has 0 aliphatic rings. The van der Waals surface area contributed by atoms with Gasteiger partial charge in [-0.3, -0.25) is 4.39 Å². The molecule has 0 spiro atoms. The van der Waals surface area contributed by atoms with Gasteiger partial charge in [-0.1, -0.05) is 39.0 Å². The van der Waals surface area contributed by atoms with E-state index in [4.69, 9.17) is 0 Å². The van der Waals surface area contributed by atoms with Crippen molar-refractivity contribution in [3.05, 3.63) is 34.9 Å². The maximum atomic E-state index is 12.1. The second-order valence-electron chi connectivity index (χ2n) is 5.18. The largest absolute Gasteiger partial charge is 0.251 e. The van der Waals surface area contributed by atoms with Gasteiger partial charge < -0.3 is 0 Å². The van der Waals surface area contributed by atoms with E-state index in [9.17, 15) is 4.39 Å². The first-order valence-electron chi connectivity index (χ1n) is 5.61. The summed E-state index contributed by atoms with van der Waals surface area (Å²) in [6.45, 7) is 8.49. The Morgan fingerprint density at radius 1 is 1.20 bits per heavy atom. The van der Waals surface area contributed by atoms with Gasteiger partial charge in [-0.15, -0.1) is 0 Å². The summed E-state index contributed by atoms with van der Waals surface area (Å²) < 4.78 is 12.1. The van der Waals surface area contributed by atoms with Gasteiger partial charge in [-0.2, -0.15) is 0 Å². The summed E-state index contributed by atoms with van der Waals surface area (Å²) in [5.74, 6) is 0. The SMILES string of the molecule is Cc1ccc(C(C)(C)C)cc1CCCF. The van der Waals surface area contributed by atoms with Crippen molar-refractivity contribution in [3.8, 4) is 0 Å². The number of hydrogen-bond acceptors (Lipinski definition) is 0. The highest BCUT2D eigenvalue weighted by molar-refractivity contribution is 5.34. The summed E-state index contributed by atoms with van der Waals surface area (Å²) >= 11 is 0. The Balaban J connectivity index is 2.95. The van der Waals surface area contributed by atoms with Gasteiger partial charge in [0.1, 0.15) is 0 Å². The lowest BCUT2D eigenvalue weighted by Gasteiger charge is -2.20. The zero-order valence-electron chi connectivity index (χ0n) is 10.2. The van der Waals surface area contributed by atoms with E-state index in [1.54, 1.807) is 0 Å². The molecule has 84 valence electrons. The highest BCUT2D eigenvalue weighted by atomic mass is 19.1. The lowest BCUT2D eigenvalue weighted by atomic mass is 9.85. The first kappa shape index (κ1) is 12.2. The number of hydrogen-bond donors (Lipinski definition) is 0. The predicted octanol–water partition coefficient (Wildman–Crippen LogP) is 4.19. The van der Waals surface area contributed by atoms with Crippen LogP contribution in [-0.4, -0.2) is 6.67 Å². The highest BCUT2D eigenvalue weighted by Crippen LogP contribution is 2.24. The van der Waals surface area contributed by atoms with Crippen molar-refractivity contribution in [2.45, 2.75) is 46.0 Å². The molecule has 0 saturated carbocycles. The van der Waals surface area contributed by atoms with E-state index in [-0.39, 0.29) is 12.1 Å². The van der Waals surface area contributed by atoms with Crippen LogP contribution in [0.2, 0.25) is 0 Å². The van der Waals surface area contributed by atoms with Crippen molar-refractivity contribution < 1.29 is 4.39 Å². The summed E-state index contributed by atoms with van der Waals surface area (Å²) in [7, 11) is 0. The van der Waals surface area contributed by atoms with E-state index in [1.165, 1.54) is 16.7 Å². The molecule has 0 atom stereocenters. The minimum Gasteiger partial charge on any atom is -0.251 e. The van der Waals surface area contributed by atoms with E-state index in [2.05, 4.69) is 45.9 Å². The quantitative estimate of drug-likeness (QED) is 0.698. The summed E-state index contributed by atoms with van der Waals surface area (Å²) in [6.07, 6.45) is 1.49. The zero-order chi connectivity index (χ0) is 11.5. The second kappa shape index (κ2) is 4.78. The molecule has 0 saturated heterocycles. The molecule has 1 aromatic carbocycles. The zero-order valence-corrected chi connectivity index (χ0v) is 10.2. The molecule has 0 bridgehead atoms. The molecule has 15 heavy (non-hydrogen) atoms. The first-order valence-corrected chi connectivity index (χ1v) is 5.61. The van der Waals surface area contributed by atoms with E-state index >= 15 is 0 Å². The van der Waals surface area contributed by atoms with E-state index in [1.807, 2.05) is 0 Å². The molecule has 0 heterocycles. The molecule has 0 aliphatic carbocycles. The van der Waals surface area contributed by atoms with Crippen molar-refractivity contribution in [3.63, 3.8) is 0 Å². The lowest BCUT2D eigenvalue weighted by Crippen LogP contribution is -2.11. The molecular formula is C14H21F. The van der Waals surface area contributed by atoms with Crippen LogP contribution in [0.5, 0.6) is 0 Å². The monoisotopic (exact) mass is 208 g/mol. The Labute approximate surface area is 92.5 Å². The minimum absolute atomic E-state index is 0.179. The van der Waals surface area contributed by atoms with Crippen LogP contribution in [0.4, 0.5) is 4.39 Å². The minimum atomic E-state index is -0.223. The van der Waals surface area contributed by atoms with Crippen LogP contribution in [0, 0.1) is 6.92 Å². The van der Waals surface area contributed by atoms with Crippen LogP contribution >= 0.6 is 0 Å². The maximum Gasteiger partial charge on any atom is 0.0897 e. The van der Waals surface area contributed by atoms with Crippen molar-refractivity contribution in [1.29, 1.82) is 0 Å². The van der Waals surface area contributed by atoms with Crippen LogP contribution in [0.3, 0.4) is 0 Å². The van der Waals surface area contributed by atoms with Crippen LogP contribution < -0.4 is 0 Å². The number of halogens is 1. The fourth-order valence-corrected chi connectivity index (χ4v) is 1.66. The Kier molecular flexibility index (Phi) is 3.90. The fourth-order valence-electron chi connectivity index (χ4n) is 1.66. The fraction of sp³-hybridized carbons (Fsp3) is 0.571. The van der Waals surface area contributed by atoms with Crippen molar-refractivity contribution in [1.82, 2.24) is 0 Å². The van der Waals surface area contributed by atoms with Gasteiger partial charge in [0.15, 0.2) is 0 Å². The third kappa shape index (κ3) is 3.33. The number of benzene rings is 1. The van der Waals surface area contributed by atoms with Crippen LogP contribution in [-0.2, 0) is 11.8 Å². The number of alkyl halides is 1. The normalized spacial score (nSPS) is 11.8. The predicted molar refractivity (Wildman–Crippen MR) is 64.2 cm³/mol. The molecule has 0 radical (unpaired) electrons. The molecule has 1 rings (SSSR count). The van der Waals surface area contributed by atoms with Gasteiger partial charge in [-0.05, 0) is 41.9 Å². The topological polar surface area (TPSA) is 0 Å². The first-order chi connectivity index (χ1) is 6.95. The Morgan fingerprint density at radius 2 is 1.87 bits per heavy atom. The van der Waals surface area contributed by atoms with Gasteiger partial charge >= 0.3 is 0 Å². The third-order valence-corrected chi connectivity index (χ3v) is 2.79. The van der Waals surface area contributed by atoms with Crippen molar-refractivity contribution in [2.75, 3.05) is 6.67 Å². The van der Waals surface area contributed by atoms with Crippen molar-refractivity contribution >= 4 is 0 Å². The Hall–Kier alpha value is -0.850. The highest BCUT2D eigenvalue weighted by Gasteiger charge is 2.14. The second-order valence-corrected chi connectivity index (χ2v) is 5.18. The van der Waals surface area contributed by atoms with Gasteiger partial charge in [0.05, 0.1) is 6.67 Å². The molecule has 0 N–H and O–H groups in total.